The molecule has 0 fully saturated rings. The molecule has 0 saturated carbocycles. The molecule has 0 radical (unpaired) electrons. The average molecular weight is 251 g/mol. The first-order chi connectivity index (χ1) is 8.56. The van der Waals surface area contributed by atoms with Gasteiger partial charge in [0.2, 0.25) is 5.91 Å². The van der Waals surface area contributed by atoms with Crippen LogP contribution in [0.1, 0.15) is 30.6 Å². The first kappa shape index (κ1) is 14.0. The first-order valence-electron chi connectivity index (χ1n) is 5.73. The van der Waals surface area contributed by atoms with Crippen LogP contribution in [0.3, 0.4) is 0 Å². The van der Waals surface area contributed by atoms with E-state index < -0.39 is 5.91 Å². The number of ether oxygens (including phenoxy) is 2. The zero-order valence-electron chi connectivity index (χ0n) is 10.5. The molecule has 98 valence electrons. The molecule has 18 heavy (non-hydrogen) atoms. The fourth-order valence-electron chi connectivity index (χ4n) is 1.51. The fraction of sp³-hybridized carbons (Fsp3) is 0.385. The van der Waals surface area contributed by atoms with Crippen LogP contribution in [0.2, 0.25) is 0 Å². The summed E-state index contributed by atoms with van der Waals surface area (Å²) in [5.74, 6) is 0.555. The minimum atomic E-state index is -0.426. The lowest BCUT2D eigenvalue weighted by Crippen LogP contribution is -2.22. The third-order valence-corrected chi connectivity index (χ3v) is 2.22. The smallest absolute Gasteiger partial charge is 0.221 e. The van der Waals surface area contributed by atoms with Crippen LogP contribution in [-0.4, -0.2) is 24.9 Å². The first-order valence-corrected chi connectivity index (χ1v) is 5.73. The molecule has 1 unspecified atom stereocenters. The molecule has 1 aromatic carbocycles. The number of hydrogen-bond donors (Lipinski definition) is 1. The second-order valence-electron chi connectivity index (χ2n) is 3.86. The maximum absolute atomic E-state index is 10.8. The van der Waals surface area contributed by atoms with Crippen molar-refractivity contribution in [2.45, 2.75) is 26.4 Å². The highest BCUT2D eigenvalue weighted by Gasteiger charge is 2.12. The van der Waals surface area contributed by atoms with Gasteiger partial charge in [0, 0.05) is 5.56 Å². The lowest BCUT2D eigenvalue weighted by Gasteiger charge is -2.16. The van der Waals surface area contributed by atoms with Gasteiger partial charge < -0.3 is 15.2 Å². The van der Waals surface area contributed by atoms with Crippen molar-refractivity contribution in [3.8, 4) is 11.5 Å². The van der Waals surface area contributed by atoms with Crippen molar-refractivity contribution in [3.63, 3.8) is 0 Å². The number of primary amides is 1. The quantitative estimate of drug-likeness (QED) is 0.745. The van der Waals surface area contributed by atoms with Gasteiger partial charge in [0.25, 0.3) is 0 Å². The number of rotatable bonds is 7. The average Bonchev–Trinajstić information content (AvgIpc) is 2.30. The van der Waals surface area contributed by atoms with E-state index in [1.165, 1.54) is 0 Å². The Hall–Kier alpha value is -2.04. The van der Waals surface area contributed by atoms with E-state index in [-0.39, 0.29) is 12.5 Å². The van der Waals surface area contributed by atoms with Gasteiger partial charge in [-0.25, -0.2) is 0 Å². The molecule has 1 atom stereocenters. The Morgan fingerprint density at radius 3 is 2.72 bits per heavy atom. The van der Waals surface area contributed by atoms with Crippen molar-refractivity contribution in [3.05, 3.63) is 23.8 Å². The van der Waals surface area contributed by atoms with Crippen molar-refractivity contribution in [1.29, 1.82) is 0 Å². The van der Waals surface area contributed by atoms with E-state index in [9.17, 15) is 9.59 Å². The van der Waals surface area contributed by atoms with Gasteiger partial charge in [-0.2, -0.15) is 0 Å². The third kappa shape index (κ3) is 4.08. The Bertz CT molecular complexity index is 431. The number of carbonyl (C=O) groups excluding carboxylic acids is 2. The van der Waals surface area contributed by atoms with Crippen molar-refractivity contribution >= 4 is 12.2 Å². The van der Waals surface area contributed by atoms with E-state index >= 15 is 0 Å². The monoisotopic (exact) mass is 251 g/mol. The van der Waals surface area contributed by atoms with Crippen molar-refractivity contribution in [1.82, 2.24) is 0 Å². The molecule has 2 N–H and O–H groups in total. The highest BCUT2D eigenvalue weighted by atomic mass is 16.5. The number of aldehydes is 1. The highest BCUT2D eigenvalue weighted by molar-refractivity contribution is 5.76. The van der Waals surface area contributed by atoms with Crippen LogP contribution < -0.4 is 15.2 Å². The van der Waals surface area contributed by atoms with Crippen LogP contribution in [0.4, 0.5) is 0 Å². The van der Waals surface area contributed by atoms with Gasteiger partial charge in [-0.15, -0.1) is 0 Å². The standard InChI is InChI=1S/C13H17NO4/c1-3-17-12-7-10(8-15)4-5-11(12)18-9(2)6-13(14)16/h4-5,7-9H,3,6H2,1-2H3,(H2,14,16). The molecular weight excluding hydrogens is 234 g/mol. The summed E-state index contributed by atoms with van der Waals surface area (Å²) >= 11 is 0. The summed E-state index contributed by atoms with van der Waals surface area (Å²) in [4.78, 5) is 21.5. The number of benzene rings is 1. The topological polar surface area (TPSA) is 78.6 Å². The van der Waals surface area contributed by atoms with Gasteiger partial charge in [0.1, 0.15) is 12.4 Å². The van der Waals surface area contributed by atoms with Crippen LogP contribution in [0, 0.1) is 0 Å². The number of carbonyl (C=O) groups is 2. The molecule has 1 aromatic rings. The third-order valence-electron chi connectivity index (χ3n) is 2.22. The summed E-state index contributed by atoms with van der Waals surface area (Å²) in [6.45, 7) is 4.04. The van der Waals surface area contributed by atoms with Crippen molar-refractivity contribution in [2.75, 3.05) is 6.61 Å². The number of nitrogens with two attached hydrogens (primary N) is 1. The molecule has 0 bridgehead atoms. The van der Waals surface area contributed by atoms with E-state index in [0.717, 1.165) is 6.29 Å². The van der Waals surface area contributed by atoms with Gasteiger partial charge in [0.15, 0.2) is 11.5 Å². The Labute approximate surface area is 106 Å². The summed E-state index contributed by atoms with van der Waals surface area (Å²) < 4.78 is 11.0. The van der Waals surface area contributed by atoms with Gasteiger partial charge in [-0.1, -0.05) is 0 Å². The lowest BCUT2D eigenvalue weighted by molar-refractivity contribution is -0.119. The Morgan fingerprint density at radius 1 is 1.44 bits per heavy atom. The maximum Gasteiger partial charge on any atom is 0.221 e. The summed E-state index contributed by atoms with van der Waals surface area (Å²) in [7, 11) is 0. The van der Waals surface area contributed by atoms with Crippen LogP contribution in [0.15, 0.2) is 18.2 Å². The lowest BCUT2D eigenvalue weighted by atomic mass is 10.2. The minimum absolute atomic E-state index is 0.126. The molecule has 0 aliphatic heterocycles. The molecule has 5 nitrogen and oxygen atoms in total. The number of amides is 1. The zero-order valence-corrected chi connectivity index (χ0v) is 10.5. The van der Waals surface area contributed by atoms with E-state index in [2.05, 4.69) is 0 Å². The second kappa shape index (κ2) is 6.64. The van der Waals surface area contributed by atoms with Crippen LogP contribution in [0.25, 0.3) is 0 Å². The minimum Gasteiger partial charge on any atom is -0.490 e. The molecule has 1 rings (SSSR count). The molecule has 0 heterocycles. The van der Waals surface area contributed by atoms with Gasteiger partial charge in [-0.05, 0) is 32.0 Å². The maximum atomic E-state index is 10.8. The van der Waals surface area contributed by atoms with Crippen LogP contribution in [-0.2, 0) is 4.79 Å². The highest BCUT2D eigenvalue weighted by Crippen LogP contribution is 2.29. The van der Waals surface area contributed by atoms with Crippen molar-refractivity contribution < 1.29 is 19.1 Å². The number of hydrogen-bond acceptors (Lipinski definition) is 4. The summed E-state index contributed by atoms with van der Waals surface area (Å²) in [5.41, 5.74) is 5.60. The SMILES string of the molecule is CCOc1cc(C=O)ccc1OC(C)CC(N)=O. The Morgan fingerprint density at radius 2 is 2.17 bits per heavy atom. The molecular formula is C13H17NO4. The van der Waals surface area contributed by atoms with E-state index in [1.54, 1.807) is 25.1 Å². The predicted molar refractivity (Wildman–Crippen MR) is 66.9 cm³/mol. The summed E-state index contributed by atoms with van der Waals surface area (Å²) in [6, 6.07) is 4.87. The summed E-state index contributed by atoms with van der Waals surface area (Å²) in [6.07, 6.45) is 0.518. The molecule has 0 aliphatic carbocycles. The van der Waals surface area contributed by atoms with Gasteiger partial charge in [-0.3, -0.25) is 9.59 Å². The van der Waals surface area contributed by atoms with Gasteiger partial charge in [0.05, 0.1) is 13.0 Å². The Kier molecular flexibility index (Phi) is 5.17. The van der Waals surface area contributed by atoms with E-state index in [4.69, 9.17) is 15.2 Å². The molecule has 0 spiro atoms. The fourth-order valence-corrected chi connectivity index (χ4v) is 1.51. The molecule has 0 saturated heterocycles. The van der Waals surface area contributed by atoms with Crippen molar-refractivity contribution in [2.24, 2.45) is 5.73 Å². The summed E-state index contributed by atoms with van der Waals surface area (Å²) in [5, 5.41) is 0. The predicted octanol–water partition coefficient (Wildman–Crippen LogP) is 1.54. The normalized spacial score (nSPS) is 11.7. The molecule has 0 aliphatic rings. The van der Waals surface area contributed by atoms with Gasteiger partial charge >= 0.3 is 0 Å². The molecule has 0 aromatic heterocycles. The van der Waals surface area contributed by atoms with E-state index in [0.29, 0.717) is 23.7 Å². The van der Waals surface area contributed by atoms with Crippen LogP contribution in [0.5, 0.6) is 11.5 Å². The Balaban J connectivity index is 2.86. The molecule has 5 heteroatoms. The molecule has 1 amide bonds. The van der Waals surface area contributed by atoms with E-state index in [1.807, 2.05) is 6.92 Å². The zero-order chi connectivity index (χ0) is 13.5. The van der Waals surface area contributed by atoms with Crippen LogP contribution >= 0.6 is 0 Å². The largest absolute Gasteiger partial charge is 0.490 e. The second-order valence-corrected chi connectivity index (χ2v) is 3.86.